The molecule has 4 atom stereocenters. The van der Waals surface area contributed by atoms with Gasteiger partial charge in [0.2, 0.25) is 0 Å². The van der Waals surface area contributed by atoms with Crippen LogP contribution in [0.1, 0.15) is 0 Å². The Labute approximate surface area is 81.4 Å². The van der Waals surface area contributed by atoms with Crippen molar-refractivity contribution < 1.29 is 25.2 Å². The lowest BCUT2D eigenvalue weighted by atomic mass is 10.0. The third-order valence-electron chi connectivity index (χ3n) is 1.51. The molecular formula is C6H14ClNO5. The normalized spacial score (nSPS) is 19.5. The molecule has 7 heteroatoms. The van der Waals surface area contributed by atoms with Crippen molar-refractivity contribution in [3.63, 3.8) is 0 Å². The van der Waals surface area contributed by atoms with Gasteiger partial charge in [0, 0.05) is 0 Å². The van der Waals surface area contributed by atoms with E-state index in [2.05, 4.69) is 0 Å². The molecule has 0 bridgehead atoms. The van der Waals surface area contributed by atoms with Crippen molar-refractivity contribution in [2.75, 3.05) is 6.61 Å². The molecule has 0 aromatic rings. The third kappa shape index (κ3) is 4.51. The fraction of sp³-hybridized carbons (Fsp3) is 0.833. The maximum atomic E-state index is 9.98. The summed E-state index contributed by atoms with van der Waals surface area (Å²) in [6.07, 6.45) is -4.36. The van der Waals surface area contributed by atoms with Gasteiger partial charge in [0.05, 0.1) is 12.6 Å². The van der Waals surface area contributed by atoms with E-state index in [1.807, 2.05) is 0 Å². The lowest BCUT2D eigenvalue weighted by Gasteiger charge is -2.23. The van der Waals surface area contributed by atoms with Crippen LogP contribution in [0.25, 0.3) is 0 Å². The monoisotopic (exact) mass is 215 g/mol. The van der Waals surface area contributed by atoms with Gasteiger partial charge in [0.15, 0.2) is 0 Å². The first-order chi connectivity index (χ1) is 5.54. The summed E-state index contributed by atoms with van der Waals surface area (Å²) in [7, 11) is 0. The number of aliphatic hydroxyl groups excluding tert-OH is 4. The summed E-state index contributed by atoms with van der Waals surface area (Å²) < 4.78 is 0. The number of hydrogen-bond acceptors (Lipinski definition) is 6. The van der Waals surface area contributed by atoms with E-state index < -0.39 is 31.0 Å². The Morgan fingerprint density at radius 2 is 1.77 bits per heavy atom. The van der Waals surface area contributed by atoms with Crippen LogP contribution in [0.15, 0.2) is 0 Å². The molecule has 0 aliphatic rings. The lowest BCUT2D eigenvalue weighted by molar-refractivity contribution is -0.119. The maximum absolute atomic E-state index is 9.98. The molecular weight excluding hydrogens is 202 g/mol. The molecule has 6 N–H and O–H groups in total. The minimum Gasteiger partial charge on any atom is -0.394 e. The molecule has 0 unspecified atom stereocenters. The lowest BCUT2D eigenvalue weighted by Crippen LogP contribution is -2.51. The van der Waals surface area contributed by atoms with Gasteiger partial charge >= 0.3 is 0 Å². The molecule has 0 fully saturated rings. The van der Waals surface area contributed by atoms with Crippen LogP contribution in [-0.2, 0) is 4.79 Å². The van der Waals surface area contributed by atoms with Crippen molar-refractivity contribution in [3.05, 3.63) is 0 Å². The Kier molecular flexibility index (Phi) is 8.43. The summed E-state index contributed by atoms with van der Waals surface area (Å²) in [6, 6.07) is -1.29. The predicted molar refractivity (Wildman–Crippen MR) is 46.4 cm³/mol. The Balaban J connectivity index is 0. The fourth-order valence-corrected chi connectivity index (χ4v) is 0.657. The molecule has 0 amide bonds. The molecule has 80 valence electrons. The molecule has 0 spiro atoms. The van der Waals surface area contributed by atoms with E-state index in [9.17, 15) is 4.79 Å². The van der Waals surface area contributed by atoms with Crippen molar-refractivity contribution in [1.82, 2.24) is 0 Å². The van der Waals surface area contributed by atoms with Gasteiger partial charge in [-0.2, -0.15) is 0 Å². The summed E-state index contributed by atoms with van der Waals surface area (Å²) in [4.78, 5) is 9.98. The number of halogens is 1. The standard InChI is InChI=1S/C6H13NO5.ClH/c7-5(3(10)1-8)6(12)4(11)2-9;/h1,3-6,9-12H,2,7H2;1H/t3-,4-,5+,6-;/m1./s1. The zero-order valence-corrected chi connectivity index (χ0v) is 7.59. The van der Waals surface area contributed by atoms with Crippen molar-refractivity contribution in [2.45, 2.75) is 24.4 Å². The van der Waals surface area contributed by atoms with Crippen molar-refractivity contribution >= 4 is 18.7 Å². The zero-order valence-electron chi connectivity index (χ0n) is 6.78. The van der Waals surface area contributed by atoms with Crippen LogP contribution in [0.5, 0.6) is 0 Å². The van der Waals surface area contributed by atoms with Crippen LogP contribution in [0.2, 0.25) is 0 Å². The van der Waals surface area contributed by atoms with E-state index in [1.165, 1.54) is 0 Å². The van der Waals surface area contributed by atoms with Crippen LogP contribution in [0, 0.1) is 0 Å². The molecule has 0 aromatic carbocycles. The molecule has 0 aromatic heterocycles. The number of hydrogen-bond donors (Lipinski definition) is 5. The molecule has 0 aliphatic carbocycles. The van der Waals surface area contributed by atoms with E-state index in [0.717, 1.165) is 0 Å². The predicted octanol–water partition coefficient (Wildman–Crippen LogP) is -2.99. The second-order valence-electron chi connectivity index (χ2n) is 2.44. The van der Waals surface area contributed by atoms with Crippen LogP contribution < -0.4 is 5.73 Å². The molecule has 13 heavy (non-hydrogen) atoms. The SMILES string of the molecule is Cl.N[C@H]([C@H](O)[C@H](O)CO)[C@H](O)C=O. The van der Waals surface area contributed by atoms with Gasteiger partial charge < -0.3 is 31.0 Å². The van der Waals surface area contributed by atoms with Crippen LogP contribution in [0.4, 0.5) is 0 Å². The summed E-state index contributed by atoms with van der Waals surface area (Å²) in [5.41, 5.74) is 5.15. The number of aldehydes is 1. The molecule has 6 nitrogen and oxygen atoms in total. The van der Waals surface area contributed by atoms with E-state index in [4.69, 9.17) is 26.2 Å². The Morgan fingerprint density at radius 1 is 1.31 bits per heavy atom. The summed E-state index contributed by atoms with van der Waals surface area (Å²) in [6.45, 7) is -0.680. The van der Waals surface area contributed by atoms with Crippen LogP contribution >= 0.6 is 12.4 Å². The smallest absolute Gasteiger partial charge is 0.150 e. The highest BCUT2D eigenvalue weighted by molar-refractivity contribution is 5.85. The molecule has 0 saturated carbocycles. The largest absolute Gasteiger partial charge is 0.394 e. The molecule has 0 aliphatic heterocycles. The fourth-order valence-electron chi connectivity index (χ4n) is 0.657. The Morgan fingerprint density at radius 3 is 2.08 bits per heavy atom. The number of carbonyl (C=O) groups is 1. The first kappa shape index (κ1) is 15.2. The summed E-state index contributed by atoms with van der Waals surface area (Å²) >= 11 is 0. The zero-order chi connectivity index (χ0) is 9.72. The second-order valence-corrected chi connectivity index (χ2v) is 2.44. The van der Waals surface area contributed by atoms with E-state index in [1.54, 1.807) is 0 Å². The highest BCUT2D eigenvalue weighted by atomic mass is 35.5. The quantitative estimate of drug-likeness (QED) is 0.312. The van der Waals surface area contributed by atoms with Gasteiger partial charge in [0.25, 0.3) is 0 Å². The van der Waals surface area contributed by atoms with Crippen LogP contribution in [0.3, 0.4) is 0 Å². The molecule has 0 saturated heterocycles. The number of nitrogens with two attached hydrogens (primary N) is 1. The average molecular weight is 216 g/mol. The Hall–Kier alpha value is -0.240. The highest BCUT2D eigenvalue weighted by Gasteiger charge is 2.27. The third-order valence-corrected chi connectivity index (χ3v) is 1.51. The van der Waals surface area contributed by atoms with Crippen molar-refractivity contribution in [1.29, 1.82) is 0 Å². The number of rotatable bonds is 5. The summed E-state index contributed by atoms with van der Waals surface area (Å²) in [5, 5.41) is 35.0. The number of carbonyl (C=O) groups excluding carboxylic acids is 1. The molecule has 0 heterocycles. The average Bonchev–Trinajstić information content (AvgIpc) is 2.12. The van der Waals surface area contributed by atoms with E-state index >= 15 is 0 Å². The highest BCUT2D eigenvalue weighted by Crippen LogP contribution is 2.00. The molecule has 0 radical (unpaired) electrons. The number of aliphatic hydroxyl groups is 4. The van der Waals surface area contributed by atoms with Crippen molar-refractivity contribution in [3.8, 4) is 0 Å². The van der Waals surface area contributed by atoms with Gasteiger partial charge in [0.1, 0.15) is 24.6 Å². The van der Waals surface area contributed by atoms with Gasteiger partial charge in [-0.3, -0.25) is 0 Å². The molecule has 0 rings (SSSR count). The summed E-state index contributed by atoms with van der Waals surface area (Å²) in [5.74, 6) is 0. The first-order valence-electron chi connectivity index (χ1n) is 3.40. The first-order valence-corrected chi connectivity index (χ1v) is 3.40. The van der Waals surface area contributed by atoms with E-state index in [-0.39, 0.29) is 18.7 Å². The van der Waals surface area contributed by atoms with Gasteiger partial charge in [-0.05, 0) is 0 Å². The topological polar surface area (TPSA) is 124 Å². The van der Waals surface area contributed by atoms with Gasteiger partial charge in [-0.1, -0.05) is 0 Å². The van der Waals surface area contributed by atoms with Crippen molar-refractivity contribution in [2.24, 2.45) is 5.73 Å². The van der Waals surface area contributed by atoms with Crippen LogP contribution in [-0.4, -0.2) is 57.7 Å². The second kappa shape index (κ2) is 7.19. The Bertz CT molecular complexity index is 147. The minimum absolute atomic E-state index is 0. The maximum Gasteiger partial charge on any atom is 0.150 e. The van der Waals surface area contributed by atoms with Gasteiger partial charge in [-0.15, -0.1) is 12.4 Å². The minimum atomic E-state index is -1.54. The van der Waals surface area contributed by atoms with Gasteiger partial charge in [-0.25, -0.2) is 0 Å². The van der Waals surface area contributed by atoms with E-state index in [0.29, 0.717) is 0 Å².